The monoisotopic (exact) mass is 226 g/mol. The quantitative estimate of drug-likeness (QED) is 0.731. The molecule has 0 heterocycles. The number of hydrogen-bond acceptors (Lipinski definition) is 2. The van der Waals surface area contributed by atoms with Gasteiger partial charge >= 0.3 is 12.0 Å². The van der Waals surface area contributed by atoms with Crippen LogP contribution < -0.4 is 5.32 Å². The average Bonchev–Trinajstić information content (AvgIpc) is 3.06. The third-order valence-corrected chi connectivity index (χ3v) is 3.21. The van der Waals surface area contributed by atoms with Gasteiger partial charge in [-0.05, 0) is 31.1 Å². The second-order valence-corrected chi connectivity index (χ2v) is 4.99. The highest BCUT2D eigenvalue weighted by atomic mass is 16.4. The molecule has 90 valence electrons. The largest absolute Gasteiger partial charge is 0.480 e. The molecule has 2 aliphatic rings. The maximum absolute atomic E-state index is 11.8. The van der Waals surface area contributed by atoms with Crippen LogP contribution in [0, 0.1) is 11.8 Å². The second kappa shape index (κ2) is 4.31. The Morgan fingerprint density at radius 3 is 2.50 bits per heavy atom. The number of nitrogens with one attached hydrogen (secondary N) is 1. The Labute approximate surface area is 94.8 Å². The van der Waals surface area contributed by atoms with Gasteiger partial charge in [0.15, 0.2) is 0 Å². The van der Waals surface area contributed by atoms with Crippen molar-refractivity contribution in [3.8, 4) is 0 Å². The van der Waals surface area contributed by atoms with E-state index in [9.17, 15) is 9.59 Å². The van der Waals surface area contributed by atoms with E-state index in [1.807, 2.05) is 0 Å². The van der Waals surface area contributed by atoms with Gasteiger partial charge in [0.25, 0.3) is 0 Å². The Kier molecular flexibility index (Phi) is 3.03. The standard InChI is InChI=1S/C11H18N2O3/c1-7-4-9(7)12-11(16)13(6-10(14)15)5-8-2-3-8/h7-9H,2-6H2,1H3,(H,12,16)(H,14,15). The van der Waals surface area contributed by atoms with Crippen LogP contribution in [0.1, 0.15) is 26.2 Å². The summed E-state index contributed by atoms with van der Waals surface area (Å²) in [5.41, 5.74) is 0. The maximum atomic E-state index is 11.8. The van der Waals surface area contributed by atoms with Crippen molar-refractivity contribution in [2.24, 2.45) is 11.8 Å². The Hall–Kier alpha value is -1.26. The Balaban J connectivity index is 1.82. The van der Waals surface area contributed by atoms with Crippen molar-refractivity contribution < 1.29 is 14.7 Å². The number of urea groups is 1. The van der Waals surface area contributed by atoms with E-state index in [0.717, 1.165) is 19.3 Å². The topological polar surface area (TPSA) is 69.6 Å². The van der Waals surface area contributed by atoms with E-state index < -0.39 is 5.97 Å². The van der Waals surface area contributed by atoms with Crippen LogP contribution in [-0.2, 0) is 4.79 Å². The lowest BCUT2D eigenvalue weighted by Crippen LogP contribution is -2.44. The molecule has 5 heteroatoms. The minimum absolute atomic E-state index is 0.191. The van der Waals surface area contributed by atoms with Gasteiger partial charge < -0.3 is 15.3 Å². The minimum atomic E-state index is -0.945. The predicted octanol–water partition coefficient (Wildman–Crippen LogP) is 0.901. The van der Waals surface area contributed by atoms with Crippen LogP contribution in [0.15, 0.2) is 0 Å². The van der Waals surface area contributed by atoms with Crippen molar-refractivity contribution in [3.63, 3.8) is 0 Å². The van der Waals surface area contributed by atoms with Crippen LogP contribution in [0.2, 0.25) is 0 Å². The van der Waals surface area contributed by atoms with Crippen LogP contribution in [0.3, 0.4) is 0 Å². The van der Waals surface area contributed by atoms with E-state index in [4.69, 9.17) is 5.11 Å². The van der Waals surface area contributed by atoms with Gasteiger partial charge in [-0.15, -0.1) is 0 Å². The van der Waals surface area contributed by atoms with Crippen LogP contribution in [0.4, 0.5) is 4.79 Å². The van der Waals surface area contributed by atoms with Crippen LogP contribution in [0.5, 0.6) is 0 Å². The molecular formula is C11H18N2O3. The van der Waals surface area contributed by atoms with Gasteiger partial charge in [0.2, 0.25) is 0 Å². The van der Waals surface area contributed by atoms with E-state index >= 15 is 0 Å². The molecule has 2 fully saturated rings. The zero-order valence-corrected chi connectivity index (χ0v) is 9.48. The Bertz CT molecular complexity index is 302. The van der Waals surface area contributed by atoms with E-state index in [1.165, 1.54) is 4.90 Å². The van der Waals surface area contributed by atoms with Crippen molar-refractivity contribution in [2.45, 2.75) is 32.2 Å². The van der Waals surface area contributed by atoms with Gasteiger partial charge in [-0.3, -0.25) is 4.79 Å². The smallest absolute Gasteiger partial charge is 0.323 e. The fourth-order valence-electron chi connectivity index (χ4n) is 1.77. The van der Waals surface area contributed by atoms with Crippen LogP contribution in [-0.4, -0.2) is 41.1 Å². The number of hydrogen-bond donors (Lipinski definition) is 2. The first kappa shape index (κ1) is 11.2. The number of nitrogens with zero attached hydrogens (tertiary/aromatic N) is 1. The SMILES string of the molecule is CC1CC1NC(=O)N(CC(=O)O)CC1CC1. The number of carboxylic acids is 1. The van der Waals surface area contributed by atoms with E-state index in [-0.39, 0.29) is 18.6 Å². The highest BCUT2D eigenvalue weighted by Crippen LogP contribution is 2.31. The molecule has 16 heavy (non-hydrogen) atoms. The summed E-state index contributed by atoms with van der Waals surface area (Å²) in [6.07, 6.45) is 3.24. The molecule has 0 aliphatic heterocycles. The Morgan fingerprint density at radius 2 is 2.06 bits per heavy atom. The van der Waals surface area contributed by atoms with E-state index in [2.05, 4.69) is 12.2 Å². The van der Waals surface area contributed by atoms with Crippen LogP contribution in [0.25, 0.3) is 0 Å². The first-order valence-corrected chi connectivity index (χ1v) is 5.83. The van der Waals surface area contributed by atoms with Crippen LogP contribution >= 0.6 is 0 Å². The van der Waals surface area contributed by atoms with Crippen molar-refractivity contribution in [1.82, 2.24) is 10.2 Å². The molecule has 2 unspecified atom stereocenters. The minimum Gasteiger partial charge on any atom is -0.480 e. The molecule has 0 spiro atoms. The molecule has 0 aromatic carbocycles. The van der Waals surface area contributed by atoms with Gasteiger partial charge in [-0.1, -0.05) is 6.92 Å². The van der Waals surface area contributed by atoms with Gasteiger partial charge in [0.1, 0.15) is 6.54 Å². The molecule has 2 saturated carbocycles. The first-order chi connectivity index (χ1) is 7.56. The first-order valence-electron chi connectivity index (χ1n) is 5.83. The molecule has 2 N–H and O–H groups in total. The number of carbonyl (C=O) groups excluding carboxylic acids is 1. The lowest BCUT2D eigenvalue weighted by molar-refractivity contribution is -0.137. The van der Waals surface area contributed by atoms with Crippen molar-refractivity contribution in [2.75, 3.05) is 13.1 Å². The van der Waals surface area contributed by atoms with Gasteiger partial charge in [-0.25, -0.2) is 4.79 Å². The lowest BCUT2D eigenvalue weighted by atomic mass is 10.3. The summed E-state index contributed by atoms with van der Waals surface area (Å²) in [7, 11) is 0. The summed E-state index contributed by atoms with van der Waals surface area (Å²) < 4.78 is 0. The van der Waals surface area contributed by atoms with Crippen molar-refractivity contribution in [1.29, 1.82) is 0 Å². The van der Waals surface area contributed by atoms with Gasteiger partial charge in [-0.2, -0.15) is 0 Å². The molecule has 0 radical (unpaired) electrons. The zero-order valence-electron chi connectivity index (χ0n) is 9.48. The highest BCUT2D eigenvalue weighted by Gasteiger charge is 2.36. The molecule has 5 nitrogen and oxygen atoms in total. The molecule has 2 aliphatic carbocycles. The molecule has 0 bridgehead atoms. The van der Waals surface area contributed by atoms with Gasteiger partial charge in [0, 0.05) is 12.6 Å². The molecule has 2 amide bonds. The number of amides is 2. The predicted molar refractivity (Wildman–Crippen MR) is 58.0 cm³/mol. The van der Waals surface area contributed by atoms with Gasteiger partial charge in [0.05, 0.1) is 0 Å². The zero-order chi connectivity index (χ0) is 11.7. The summed E-state index contributed by atoms with van der Waals surface area (Å²) in [5, 5.41) is 11.6. The van der Waals surface area contributed by atoms with E-state index in [0.29, 0.717) is 18.4 Å². The Morgan fingerprint density at radius 1 is 1.44 bits per heavy atom. The molecule has 0 aromatic heterocycles. The number of aliphatic carboxylic acids is 1. The number of carbonyl (C=O) groups is 2. The molecule has 2 atom stereocenters. The van der Waals surface area contributed by atoms with Crippen molar-refractivity contribution >= 4 is 12.0 Å². The fraction of sp³-hybridized carbons (Fsp3) is 0.818. The molecule has 0 saturated heterocycles. The third-order valence-electron chi connectivity index (χ3n) is 3.21. The van der Waals surface area contributed by atoms with E-state index in [1.54, 1.807) is 0 Å². The summed E-state index contributed by atoms with van der Waals surface area (Å²) in [6, 6.07) is 0.0339. The van der Waals surface area contributed by atoms with Crippen molar-refractivity contribution in [3.05, 3.63) is 0 Å². The molecular weight excluding hydrogens is 208 g/mol. The number of rotatable bonds is 5. The maximum Gasteiger partial charge on any atom is 0.323 e. The second-order valence-electron chi connectivity index (χ2n) is 4.99. The third kappa shape index (κ3) is 3.12. The number of carboxylic acid groups (broad SMARTS) is 1. The average molecular weight is 226 g/mol. The summed E-state index contributed by atoms with van der Waals surface area (Å²) in [4.78, 5) is 23.9. The summed E-state index contributed by atoms with van der Waals surface area (Å²) >= 11 is 0. The fourth-order valence-corrected chi connectivity index (χ4v) is 1.77. The normalized spacial score (nSPS) is 27.3. The molecule has 0 aromatic rings. The lowest BCUT2D eigenvalue weighted by Gasteiger charge is -2.21. The summed E-state index contributed by atoms with van der Waals surface area (Å²) in [5.74, 6) is 0.109. The summed E-state index contributed by atoms with van der Waals surface area (Å²) in [6.45, 7) is 2.47. The molecule has 2 rings (SSSR count). The highest BCUT2D eigenvalue weighted by molar-refractivity contribution is 5.80.